The summed E-state index contributed by atoms with van der Waals surface area (Å²) in [6.45, 7) is -0.815. The average Bonchev–Trinajstić information content (AvgIpc) is 3.00. The largest absolute Gasteiger partial charge is 0.455 e. The minimum absolute atomic E-state index is 0.0964. The van der Waals surface area contributed by atoms with Crippen LogP contribution in [0.5, 0.6) is 0 Å². The third kappa shape index (κ3) is 5.43. The van der Waals surface area contributed by atoms with Gasteiger partial charge in [-0.25, -0.2) is 9.37 Å². The van der Waals surface area contributed by atoms with Crippen molar-refractivity contribution in [2.24, 2.45) is 5.73 Å². The normalized spacial score (nSPS) is 10.2. The summed E-state index contributed by atoms with van der Waals surface area (Å²) < 4.78 is 17.7. The number of amides is 2. The van der Waals surface area contributed by atoms with Crippen LogP contribution >= 0.6 is 11.3 Å². The number of nitrogens with one attached hydrogen (secondary N) is 1. The van der Waals surface area contributed by atoms with Gasteiger partial charge in [0.25, 0.3) is 5.91 Å². The van der Waals surface area contributed by atoms with Gasteiger partial charge in [-0.15, -0.1) is 11.3 Å². The molecule has 0 atom stereocenters. The van der Waals surface area contributed by atoms with Crippen LogP contribution < -0.4 is 11.1 Å². The number of halogens is 1. The average molecular weight is 351 g/mol. The molecule has 0 aliphatic heterocycles. The summed E-state index contributed by atoms with van der Waals surface area (Å²) >= 11 is 1.31. The second kappa shape index (κ2) is 8.16. The molecule has 0 aliphatic carbocycles. The molecule has 0 unspecified atom stereocenters. The van der Waals surface area contributed by atoms with Crippen LogP contribution in [-0.2, 0) is 25.5 Å². The zero-order chi connectivity index (χ0) is 17.5. The Hall–Kier alpha value is -2.81. The van der Waals surface area contributed by atoms with E-state index >= 15 is 0 Å². The fourth-order valence-electron chi connectivity index (χ4n) is 1.69. The molecule has 0 saturated carbocycles. The Bertz CT molecular complexity index is 745. The summed E-state index contributed by atoms with van der Waals surface area (Å²) in [4.78, 5) is 37.7. The second-order valence-corrected chi connectivity index (χ2v) is 5.59. The molecule has 24 heavy (non-hydrogen) atoms. The molecule has 3 N–H and O–H groups in total. The quantitative estimate of drug-likeness (QED) is 0.711. The molecule has 1 aromatic heterocycles. The molecule has 0 radical (unpaired) electrons. The van der Waals surface area contributed by atoms with Crippen LogP contribution in [0.3, 0.4) is 0 Å². The maximum absolute atomic E-state index is 12.9. The molecule has 0 saturated heterocycles. The number of benzene rings is 1. The van der Waals surface area contributed by atoms with Crippen LogP contribution in [0.15, 0.2) is 29.6 Å². The predicted octanol–water partition coefficient (Wildman–Crippen LogP) is 0.636. The van der Waals surface area contributed by atoms with Gasteiger partial charge in [-0.1, -0.05) is 0 Å². The molecule has 0 bridgehead atoms. The van der Waals surface area contributed by atoms with E-state index in [0.29, 0.717) is 10.7 Å². The highest BCUT2D eigenvalue weighted by Crippen LogP contribution is 2.24. The molecule has 2 amide bonds. The van der Waals surface area contributed by atoms with Gasteiger partial charge in [0.1, 0.15) is 10.8 Å². The van der Waals surface area contributed by atoms with Crippen molar-refractivity contribution in [2.45, 2.75) is 6.42 Å². The maximum Gasteiger partial charge on any atom is 0.312 e. The monoisotopic (exact) mass is 351 g/mol. The van der Waals surface area contributed by atoms with Crippen molar-refractivity contribution in [1.82, 2.24) is 10.3 Å². The molecule has 0 fully saturated rings. The molecular weight excluding hydrogens is 337 g/mol. The third-order valence-corrected chi connectivity index (χ3v) is 3.73. The summed E-state index contributed by atoms with van der Waals surface area (Å²) in [5, 5.41) is 4.53. The van der Waals surface area contributed by atoms with Gasteiger partial charge in [-0.2, -0.15) is 0 Å². The fourth-order valence-corrected chi connectivity index (χ4v) is 2.52. The molecule has 126 valence electrons. The standard InChI is InChI=1S/C15H14FN3O4S/c16-10-3-1-9(2-4-10)15-19-11(8-24-15)5-14(22)23-7-13(21)18-6-12(17)20/h1-4,8H,5-7H2,(H2,17,20)(H,18,21). The van der Waals surface area contributed by atoms with Crippen molar-refractivity contribution in [2.75, 3.05) is 13.2 Å². The number of carbonyl (C=O) groups is 3. The molecule has 1 heterocycles. The van der Waals surface area contributed by atoms with Gasteiger partial charge in [0.15, 0.2) is 6.61 Å². The molecular formula is C15H14FN3O4S. The number of ether oxygens (including phenoxy) is 1. The van der Waals surface area contributed by atoms with Crippen LogP contribution in [0.25, 0.3) is 10.6 Å². The van der Waals surface area contributed by atoms with E-state index in [9.17, 15) is 18.8 Å². The van der Waals surface area contributed by atoms with Crippen LogP contribution in [0, 0.1) is 5.82 Å². The number of nitrogens with zero attached hydrogens (tertiary/aromatic N) is 1. The fraction of sp³-hybridized carbons (Fsp3) is 0.200. The van der Waals surface area contributed by atoms with Crippen LogP contribution in [-0.4, -0.2) is 35.9 Å². The van der Waals surface area contributed by atoms with Crippen molar-refractivity contribution in [3.05, 3.63) is 41.2 Å². The van der Waals surface area contributed by atoms with Gasteiger partial charge in [-0.05, 0) is 24.3 Å². The highest BCUT2D eigenvalue weighted by Gasteiger charge is 2.12. The van der Waals surface area contributed by atoms with E-state index in [2.05, 4.69) is 10.3 Å². The van der Waals surface area contributed by atoms with Gasteiger partial charge < -0.3 is 15.8 Å². The first-order chi connectivity index (χ1) is 11.4. The first kappa shape index (κ1) is 17.5. The molecule has 0 aliphatic rings. The Labute approximate surface area is 140 Å². The number of nitrogens with two attached hydrogens (primary N) is 1. The summed E-state index contributed by atoms with van der Waals surface area (Å²) in [5.74, 6) is -2.27. The number of primary amides is 1. The number of carbonyl (C=O) groups excluding carboxylic acids is 3. The SMILES string of the molecule is NC(=O)CNC(=O)COC(=O)Cc1csc(-c2ccc(F)cc2)n1. The highest BCUT2D eigenvalue weighted by molar-refractivity contribution is 7.13. The third-order valence-electron chi connectivity index (χ3n) is 2.79. The molecule has 7 nitrogen and oxygen atoms in total. The van der Waals surface area contributed by atoms with E-state index in [4.69, 9.17) is 10.5 Å². The number of esters is 1. The van der Waals surface area contributed by atoms with Gasteiger partial charge in [-0.3, -0.25) is 14.4 Å². The van der Waals surface area contributed by atoms with Crippen molar-refractivity contribution in [1.29, 1.82) is 0 Å². The lowest BCUT2D eigenvalue weighted by Crippen LogP contribution is -2.36. The zero-order valence-electron chi connectivity index (χ0n) is 12.5. The van der Waals surface area contributed by atoms with Crippen LogP contribution in [0.1, 0.15) is 5.69 Å². The molecule has 2 aromatic rings. The number of aromatic nitrogens is 1. The smallest absolute Gasteiger partial charge is 0.312 e. The second-order valence-electron chi connectivity index (χ2n) is 4.73. The van der Waals surface area contributed by atoms with Crippen molar-refractivity contribution in [3.8, 4) is 10.6 Å². The molecule has 9 heteroatoms. The Balaban J connectivity index is 1.83. The zero-order valence-corrected chi connectivity index (χ0v) is 13.3. The number of rotatable bonds is 7. The Morgan fingerprint density at radius 3 is 2.62 bits per heavy atom. The summed E-state index contributed by atoms with van der Waals surface area (Å²) in [7, 11) is 0. The van der Waals surface area contributed by atoms with Gasteiger partial charge >= 0.3 is 5.97 Å². The number of hydrogen-bond donors (Lipinski definition) is 2. The van der Waals surface area contributed by atoms with Gasteiger partial charge in [0.2, 0.25) is 5.91 Å². The van der Waals surface area contributed by atoms with E-state index in [1.807, 2.05) is 0 Å². The first-order valence-electron chi connectivity index (χ1n) is 6.85. The van der Waals surface area contributed by atoms with E-state index in [1.54, 1.807) is 17.5 Å². The summed E-state index contributed by atoms with van der Waals surface area (Å²) in [6.07, 6.45) is -0.0964. The molecule has 0 spiro atoms. The number of hydrogen-bond acceptors (Lipinski definition) is 6. The molecule has 1 aromatic carbocycles. The van der Waals surface area contributed by atoms with Crippen LogP contribution in [0.4, 0.5) is 4.39 Å². The van der Waals surface area contributed by atoms with E-state index in [1.165, 1.54) is 23.5 Å². The summed E-state index contributed by atoms with van der Waals surface area (Å²) in [5.41, 5.74) is 6.10. The maximum atomic E-state index is 12.9. The van der Waals surface area contributed by atoms with Crippen molar-refractivity contribution >= 4 is 29.1 Å². The van der Waals surface area contributed by atoms with Gasteiger partial charge in [0.05, 0.1) is 18.7 Å². The minimum Gasteiger partial charge on any atom is -0.455 e. The lowest BCUT2D eigenvalue weighted by atomic mass is 10.2. The lowest BCUT2D eigenvalue weighted by molar-refractivity contribution is -0.148. The van der Waals surface area contributed by atoms with E-state index in [-0.39, 0.29) is 18.8 Å². The van der Waals surface area contributed by atoms with Crippen molar-refractivity contribution < 1.29 is 23.5 Å². The van der Waals surface area contributed by atoms with E-state index < -0.39 is 24.4 Å². The van der Waals surface area contributed by atoms with Gasteiger partial charge in [0, 0.05) is 10.9 Å². The molecule has 2 rings (SSSR count). The summed E-state index contributed by atoms with van der Waals surface area (Å²) in [6, 6.07) is 5.85. The lowest BCUT2D eigenvalue weighted by Gasteiger charge is -2.04. The minimum atomic E-state index is -0.689. The Morgan fingerprint density at radius 2 is 1.96 bits per heavy atom. The van der Waals surface area contributed by atoms with Crippen molar-refractivity contribution in [3.63, 3.8) is 0 Å². The highest BCUT2D eigenvalue weighted by atomic mass is 32.1. The predicted molar refractivity (Wildman–Crippen MR) is 84.4 cm³/mol. The number of thiazole rings is 1. The van der Waals surface area contributed by atoms with E-state index in [0.717, 1.165) is 5.56 Å². The Morgan fingerprint density at radius 1 is 1.25 bits per heavy atom. The topological polar surface area (TPSA) is 111 Å². The van der Waals surface area contributed by atoms with Crippen LogP contribution in [0.2, 0.25) is 0 Å². The first-order valence-corrected chi connectivity index (χ1v) is 7.73. The Kier molecular flexibility index (Phi) is 5.96.